The van der Waals surface area contributed by atoms with E-state index in [1.165, 1.54) is 0 Å². The zero-order valence-electron chi connectivity index (χ0n) is 7.15. The van der Waals surface area contributed by atoms with E-state index in [0.29, 0.717) is 0 Å². The summed E-state index contributed by atoms with van der Waals surface area (Å²) in [5.74, 6) is 0. The predicted molar refractivity (Wildman–Crippen MR) is 52.8 cm³/mol. The maximum atomic E-state index is 9.00. The van der Waals surface area contributed by atoms with Gasteiger partial charge in [-0.3, -0.25) is 0 Å². The number of benzene rings is 1. The summed E-state index contributed by atoms with van der Waals surface area (Å²) in [5, 5.41) is 0. The average molecular weight is 236 g/mol. The molecule has 0 aliphatic heterocycles. The molecule has 0 amide bonds. The van der Waals surface area contributed by atoms with E-state index in [2.05, 4.69) is 4.31 Å². The van der Waals surface area contributed by atoms with Gasteiger partial charge in [0.25, 0.3) is 0 Å². The number of rotatable bonds is 5. The lowest BCUT2D eigenvalue weighted by molar-refractivity contribution is 0.239. The molecule has 1 aromatic rings. The minimum atomic E-state index is -2.57. The van der Waals surface area contributed by atoms with E-state index in [-0.39, 0.29) is 6.61 Å². The van der Waals surface area contributed by atoms with Gasteiger partial charge < -0.3 is 19.2 Å². The lowest BCUT2D eigenvalue weighted by atomic mass is 10.2. The Morgan fingerprint density at radius 2 is 1.71 bits per heavy atom. The molecule has 5 nitrogen and oxygen atoms in total. The van der Waals surface area contributed by atoms with Crippen LogP contribution in [0.2, 0.25) is 0 Å². The highest BCUT2D eigenvalue weighted by Crippen LogP contribution is 2.46. The van der Waals surface area contributed by atoms with E-state index in [4.69, 9.17) is 19.2 Å². The highest BCUT2D eigenvalue weighted by Gasteiger charge is 2.12. The van der Waals surface area contributed by atoms with Crippen LogP contribution >= 0.6 is 17.2 Å². The molecule has 0 aliphatic rings. The fourth-order valence-corrected chi connectivity index (χ4v) is 1.74. The molecule has 3 N–H and O–H groups in total. The van der Waals surface area contributed by atoms with Gasteiger partial charge in [-0.05, 0) is 5.56 Å². The topological polar surface area (TPSA) is 79.2 Å². The first-order chi connectivity index (χ1) is 6.68. The van der Waals surface area contributed by atoms with Gasteiger partial charge in [0.2, 0.25) is 0 Å². The lowest BCUT2D eigenvalue weighted by Crippen LogP contribution is -1.89. The molecule has 1 rings (SSSR count). The van der Waals surface area contributed by atoms with Gasteiger partial charge in [-0.1, -0.05) is 30.3 Å². The standard InChI is InChI=1S/C7H10O5P2/c8-13(9)12-14(10)11-6-7-4-2-1-3-5-7/h1-5,8-10H,6H2. The van der Waals surface area contributed by atoms with Crippen molar-refractivity contribution in [2.24, 2.45) is 0 Å². The van der Waals surface area contributed by atoms with Crippen LogP contribution in [0.3, 0.4) is 0 Å². The summed E-state index contributed by atoms with van der Waals surface area (Å²) in [6.45, 7) is 0.173. The first kappa shape index (κ1) is 12.0. The maximum Gasteiger partial charge on any atom is 0.337 e. The molecule has 7 heteroatoms. The Balaban J connectivity index is 2.27. The molecule has 0 saturated heterocycles. The molecule has 0 aromatic heterocycles. The van der Waals surface area contributed by atoms with Crippen LogP contribution < -0.4 is 0 Å². The SMILES string of the molecule is OP(O)OP(O)OCc1ccccc1. The van der Waals surface area contributed by atoms with Crippen molar-refractivity contribution in [1.82, 2.24) is 0 Å². The fourth-order valence-electron chi connectivity index (χ4n) is 0.790. The largest absolute Gasteiger partial charge is 0.337 e. The van der Waals surface area contributed by atoms with E-state index in [1.807, 2.05) is 30.3 Å². The van der Waals surface area contributed by atoms with Crippen LogP contribution in [0.5, 0.6) is 0 Å². The van der Waals surface area contributed by atoms with E-state index in [9.17, 15) is 0 Å². The molecule has 1 atom stereocenters. The highest BCUT2D eigenvalue weighted by molar-refractivity contribution is 7.54. The van der Waals surface area contributed by atoms with E-state index in [1.54, 1.807) is 0 Å². The summed E-state index contributed by atoms with van der Waals surface area (Å²) in [6, 6.07) is 9.19. The number of hydrogen-bond acceptors (Lipinski definition) is 5. The zero-order valence-corrected chi connectivity index (χ0v) is 8.94. The molecule has 0 radical (unpaired) electrons. The van der Waals surface area contributed by atoms with Crippen LogP contribution in [0.25, 0.3) is 0 Å². The summed E-state index contributed by atoms with van der Waals surface area (Å²) in [6.07, 6.45) is 0. The molecule has 0 fully saturated rings. The predicted octanol–water partition coefficient (Wildman–Crippen LogP) is 1.65. The van der Waals surface area contributed by atoms with Crippen LogP contribution in [-0.2, 0) is 15.4 Å². The van der Waals surface area contributed by atoms with Crippen LogP contribution in [0, 0.1) is 0 Å². The van der Waals surface area contributed by atoms with Crippen LogP contribution in [0.15, 0.2) is 30.3 Å². The van der Waals surface area contributed by atoms with Gasteiger partial charge in [-0.2, -0.15) is 0 Å². The van der Waals surface area contributed by atoms with Crippen molar-refractivity contribution in [1.29, 1.82) is 0 Å². The van der Waals surface area contributed by atoms with Crippen molar-refractivity contribution >= 4 is 17.2 Å². The van der Waals surface area contributed by atoms with E-state index >= 15 is 0 Å². The van der Waals surface area contributed by atoms with E-state index in [0.717, 1.165) is 5.56 Å². The Bertz CT molecular complexity index is 256. The van der Waals surface area contributed by atoms with Crippen LogP contribution in [0.4, 0.5) is 0 Å². The highest BCUT2D eigenvalue weighted by atomic mass is 31.2. The van der Waals surface area contributed by atoms with Crippen molar-refractivity contribution in [3.8, 4) is 0 Å². The first-order valence-electron chi connectivity index (χ1n) is 3.70. The van der Waals surface area contributed by atoms with Crippen molar-refractivity contribution in [3.63, 3.8) is 0 Å². The summed E-state index contributed by atoms with van der Waals surface area (Å²) in [4.78, 5) is 25.8. The first-order valence-corrected chi connectivity index (χ1v) is 6.00. The van der Waals surface area contributed by atoms with Crippen molar-refractivity contribution in [2.75, 3.05) is 0 Å². The van der Waals surface area contributed by atoms with Gasteiger partial charge in [-0.15, -0.1) is 0 Å². The molecule has 1 unspecified atom stereocenters. The molecular weight excluding hydrogens is 226 g/mol. The Labute approximate surface area is 83.9 Å². The van der Waals surface area contributed by atoms with Gasteiger partial charge in [0.05, 0.1) is 6.61 Å². The van der Waals surface area contributed by atoms with Gasteiger partial charge in [0.15, 0.2) is 0 Å². The van der Waals surface area contributed by atoms with Gasteiger partial charge in [0.1, 0.15) is 0 Å². The molecule has 0 heterocycles. The smallest absolute Gasteiger partial charge is 0.328 e. The quantitative estimate of drug-likeness (QED) is 0.677. The average Bonchev–Trinajstić information content (AvgIpc) is 2.15. The van der Waals surface area contributed by atoms with Crippen molar-refractivity contribution in [3.05, 3.63) is 35.9 Å². The third-order valence-corrected chi connectivity index (χ3v) is 2.82. The minimum Gasteiger partial charge on any atom is -0.328 e. The second-order valence-electron chi connectivity index (χ2n) is 2.33. The van der Waals surface area contributed by atoms with Gasteiger partial charge in [-0.25, -0.2) is 4.31 Å². The normalized spacial score (nSPS) is 13.1. The molecule has 0 spiro atoms. The molecule has 14 heavy (non-hydrogen) atoms. The van der Waals surface area contributed by atoms with E-state index < -0.39 is 17.2 Å². The third kappa shape index (κ3) is 4.94. The molecule has 0 aliphatic carbocycles. The second kappa shape index (κ2) is 6.38. The fraction of sp³-hybridized carbons (Fsp3) is 0.143. The molecular formula is C7H10O5P2. The lowest BCUT2D eigenvalue weighted by Gasteiger charge is -2.10. The Morgan fingerprint density at radius 3 is 2.29 bits per heavy atom. The summed E-state index contributed by atoms with van der Waals surface area (Å²) in [5.41, 5.74) is 0.873. The van der Waals surface area contributed by atoms with Crippen molar-refractivity contribution in [2.45, 2.75) is 6.61 Å². The Hall–Kier alpha value is -0.120. The maximum absolute atomic E-state index is 9.00. The third-order valence-electron chi connectivity index (χ3n) is 1.33. The summed E-state index contributed by atoms with van der Waals surface area (Å²) in [7, 11) is -4.78. The summed E-state index contributed by atoms with van der Waals surface area (Å²) < 4.78 is 9.08. The monoisotopic (exact) mass is 236 g/mol. The minimum absolute atomic E-state index is 0.173. The number of hydrogen-bond donors (Lipinski definition) is 3. The molecule has 78 valence electrons. The van der Waals surface area contributed by atoms with Gasteiger partial charge >= 0.3 is 17.2 Å². The Morgan fingerprint density at radius 1 is 1.07 bits per heavy atom. The van der Waals surface area contributed by atoms with Gasteiger partial charge in [0, 0.05) is 0 Å². The molecule has 1 aromatic carbocycles. The second-order valence-corrected chi connectivity index (χ2v) is 4.22. The van der Waals surface area contributed by atoms with Crippen molar-refractivity contribution < 1.29 is 23.5 Å². The molecule has 0 saturated carbocycles. The zero-order chi connectivity index (χ0) is 10.4. The van der Waals surface area contributed by atoms with Crippen LogP contribution in [-0.4, -0.2) is 14.7 Å². The van der Waals surface area contributed by atoms with Crippen LogP contribution in [0.1, 0.15) is 5.56 Å². The summed E-state index contributed by atoms with van der Waals surface area (Å²) >= 11 is 0. The molecule has 0 bridgehead atoms. The Kier molecular flexibility index (Phi) is 5.45.